The maximum Gasteiger partial charge on any atom is 0.435 e. The fourth-order valence-electron chi connectivity index (χ4n) is 1.16. The monoisotopic (exact) mass is 248 g/mol. The second kappa shape index (κ2) is 5.83. The van der Waals surface area contributed by atoms with Crippen molar-refractivity contribution < 1.29 is 24.3 Å². The lowest BCUT2D eigenvalue weighted by Gasteiger charge is -2.30. The number of rotatable bonds is 4. The van der Waals surface area contributed by atoms with Crippen LogP contribution in [0.3, 0.4) is 0 Å². The Morgan fingerprint density at radius 1 is 1.35 bits per heavy atom. The minimum atomic E-state index is -1.30. The van der Waals surface area contributed by atoms with Crippen LogP contribution in [0.15, 0.2) is 0 Å². The molecule has 0 aromatic rings. The minimum absolute atomic E-state index is 0.623. The maximum absolute atomic E-state index is 11.7. The summed E-state index contributed by atoms with van der Waals surface area (Å²) in [7, 11) is 1.18. The van der Waals surface area contributed by atoms with Crippen LogP contribution in [0.5, 0.6) is 0 Å². The summed E-state index contributed by atoms with van der Waals surface area (Å²) in [6.07, 6.45) is -2.05. The quantitative estimate of drug-likeness (QED) is 0.683. The summed E-state index contributed by atoms with van der Waals surface area (Å²) < 4.78 is 5.02. The molecule has 3 N–H and O–H groups in total. The first-order chi connectivity index (χ1) is 7.60. The van der Waals surface area contributed by atoms with Gasteiger partial charge in [0.05, 0.1) is 13.2 Å². The highest BCUT2D eigenvalue weighted by atomic mass is 16.7. The topological polar surface area (TPSA) is 102 Å². The van der Waals surface area contributed by atoms with E-state index >= 15 is 0 Å². The molecule has 0 aliphatic carbocycles. The number of hydroxylamine groups is 2. The molecule has 2 atom stereocenters. The van der Waals surface area contributed by atoms with Gasteiger partial charge in [-0.1, -0.05) is 0 Å². The molecule has 0 bridgehead atoms. The summed E-state index contributed by atoms with van der Waals surface area (Å²) in [5.41, 5.74) is 4.35. The average Bonchev–Trinajstić information content (AvgIpc) is 2.08. The van der Waals surface area contributed by atoms with Gasteiger partial charge in [-0.25, -0.2) is 4.79 Å². The van der Waals surface area contributed by atoms with Crippen molar-refractivity contribution in [1.82, 2.24) is 5.06 Å². The smallest absolute Gasteiger partial charge is 0.435 e. The van der Waals surface area contributed by atoms with Crippen molar-refractivity contribution in [2.75, 3.05) is 7.11 Å². The molecule has 0 aliphatic rings. The largest absolute Gasteiger partial charge is 0.442 e. The fraction of sp³-hybridized carbons (Fsp3) is 0.800. The second-order valence-electron chi connectivity index (χ2n) is 4.58. The number of nitrogens with zero attached hydrogens (tertiary/aromatic N) is 1. The highest BCUT2D eigenvalue weighted by Crippen LogP contribution is 2.13. The van der Waals surface area contributed by atoms with Crippen molar-refractivity contribution in [3.63, 3.8) is 0 Å². The Bertz CT molecular complexity index is 285. The first-order valence-electron chi connectivity index (χ1n) is 5.14. The minimum Gasteiger partial charge on any atom is -0.442 e. The maximum atomic E-state index is 11.7. The molecule has 0 saturated heterocycles. The van der Waals surface area contributed by atoms with Crippen LogP contribution in [0.25, 0.3) is 0 Å². The molecule has 0 saturated carbocycles. The first-order valence-corrected chi connectivity index (χ1v) is 5.14. The van der Waals surface area contributed by atoms with Crippen LogP contribution in [-0.4, -0.2) is 47.0 Å². The molecule has 0 aromatic carbocycles. The van der Waals surface area contributed by atoms with E-state index in [0.29, 0.717) is 5.06 Å². The van der Waals surface area contributed by atoms with Crippen LogP contribution in [0.4, 0.5) is 4.79 Å². The second-order valence-corrected chi connectivity index (χ2v) is 4.58. The first kappa shape index (κ1) is 15.7. The van der Waals surface area contributed by atoms with Gasteiger partial charge in [0.2, 0.25) is 5.91 Å². The number of carbonyl (C=O) groups excluding carboxylic acids is 2. The van der Waals surface area contributed by atoms with Gasteiger partial charge in [-0.2, -0.15) is 5.06 Å². The Balaban J connectivity index is 4.92. The Morgan fingerprint density at radius 3 is 2.06 bits per heavy atom. The van der Waals surface area contributed by atoms with Crippen molar-refractivity contribution in [2.45, 2.75) is 45.4 Å². The molecule has 17 heavy (non-hydrogen) atoms. The molecule has 0 radical (unpaired) electrons. The predicted molar refractivity (Wildman–Crippen MR) is 59.7 cm³/mol. The molecule has 0 heterocycles. The Labute approximate surface area is 100 Å². The van der Waals surface area contributed by atoms with E-state index < -0.39 is 29.7 Å². The van der Waals surface area contributed by atoms with Gasteiger partial charge in [-0.05, 0) is 27.7 Å². The number of aliphatic hydroxyl groups excluding tert-OH is 1. The molecule has 7 nitrogen and oxygen atoms in total. The number of aliphatic hydroxyl groups is 1. The summed E-state index contributed by atoms with van der Waals surface area (Å²) in [5.74, 6) is -0.882. The number of primary amides is 1. The van der Waals surface area contributed by atoms with Crippen LogP contribution < -0.4 is 5.73 Å². The number of hydrogen-bond donors (Lipinski definition) is 2. The highest BCUT2D eigenvalue weighted by Gasteiger charge is 2.35. The van der Waals surface area contributed by atoms with Gasteiger partial charge in [-0.15, -0.1) is 0 Å². The van der Waals surface area contributed by atoms with E-state index in [-0.39, 0.29) is 0 Å². The molecular formula is C10H20N2O5. The molecule has 0 unspecified atom stereocenters. The molecule has 100 valence electrons. The summed E-state index contributed by atoms with van der Waals surface area (Å²) in [4.78, 5) is 27.6. The normalized spacial score (nSPS) is 14.9. The molecule has 0 aromatic heterocycles. The number of hydrogen-bond acceptors (Lipinski definition) is 5. The SMILES string of the molecule is CON(C(=O)OC(C)(C)C)[C@H](C(N)=O)[C@H](C)O. The van der Waals surface area contributed by atoms with Crippen LogP contribution in [0.1, 0.15) is 27.7 Å². The third-order valence-corrected chi connectivity index (χ3v) is 1.77. The van der Waals surface area contributed by atoms with Gasteiger partial charge in [-0.3, -0.25) is 9.63 Å². The standard InChI is InChI=1S/C10H20N2O5/c1-6(13)7(8(11)14)12(16-5)9(15)17-10(2,3)4/h6-7,13H,1-5H3,(H2,11,14)/t6-,7-/m0/s1. The van der Waals surface area contributed by atoms with E-state index in [4.69, 9.17) is 15.3 Å². The molecule has 2 amide bonds. The van der Waals surface area contributed by atoms with Crippen molar-refractivity contribution >= 4 is 12.0 Å². The van der Waals surface area contributed by atoms with Gasteiger partial charge in [0, 0.05) is 0 Å². The van der Waals surface area contributed by atoms with Crippen molar-refractivity contribution in [1.29, 1.82) is 0 Å². The van der Waals surface area contributed by atoms with Gasteiger partial charge in [0.15, 0.2) is 6.04 Å². The third-order valence-electron chi connectivity index (χ3n) is 1.77. The Hall–Kier alpha value is -1.34. The third kappa shape index (κ3) is 5.01. The fourth-order valence-corrected chi connectivity index (χ4v) is 1.16. The van der Waals surface area contributed by atoms with E-state index in [1.807, 2.05) is 0 Å². The van der Waals surface area contributed by atoms with Crippen LogP contribution >= 0.6 is 0 Å². The van der Waals surface area contributed by atoms with Gasteiger partial charge in [0.1, 0.15) is 5.60 Å². The molecule has 0 aliphatic heterocycles. The summed E-state index contributed by atoms with van der Waals surface area (Å²) in [5, 5.41) is 10.0. The van der Waals surface area contributed by atoms with Gasteiger partial charge < -0.3 is 15.6 Å². The number of amides is 2. The van der Waals surface area contributed by atoms with E-state index in [1.165, 1.54) is 14.0 Å². The molecule has 7 heteroatoms. The van der Waals surface area contributed by atoms with Crippen molar-refractivity contribution in [3.8, 4) is 0 Å². The zero-order valence-electron chi connectivity index (χ0n) is 10.8. The lowest BCUT2D eigenvalue weighted by Crippen LogP contribution is -2.53. The predicted octanol–water partition coefficient (Wildman–Crippen LogP) is 0.0196. The van der Waals surface area contributed by atoms with E-state index in [0.717, 1.165) is 0 Å². The van der Waals surface area contributed by atoms with Crippen molar-refractivity contribution in [2.24, 2.45) is 5.73 Å². The number of ether oxygens (including phenoxy) is 1. The number of carbonyl (C=O) groups is 2. The van der Waals surface area contributed by atoms with Crippen molar-refractivity contribution in [3.05, 3.63) is 0 Å². The van der Waals surface area contributed by atoms with Gasteiger partial charge >= 0.3 is 6.09 Å². The summed E-state index contributed by atoms with van der Waals surface area (Å²) in [6.45, 7) is 6.33. The average molecular weight is 248 g/mol. The molecule has 0 fully saturated rings. The summed E-state index contributed by atoms with van der Waals surface area (Å²) >= 11 is 0. The number of nitrogens with two attached hydrogens (primary N) is 1. The van der Waals surface area contributed by atoms with E-state index in [9.17, 15) is 14.7 Å². The molecule has 0 rings (SSSR count). The zero-order chi connectivity index (χ0) is 13.8. The van der Waals surface area contributed by atoms with E-state index in [1.54, 1.807) is 20.8 Å². The lowest BCUT2D eigenvalue weighted by molar-refractivity contribution is -0.175. The summed E-state index contributed by atoms with van der Waals surface area (Å²) in [6, 6.07) is -1.30. The Kier molecular flexibility index (Phi) is 5.37. The van der Waals surface area contributed by atoms with Crippen LogP contribution in [0, 0.1) is 0 Å². The molecule has 0 spiro atoms. The van der Waals surface area contributed by atoms with Gasteiger partial charge in [0.25, 0.3) is 0 Å². The van der Waals surface area contributed by atoms with E-state index in [2.05, 4.69) is 0 Å². The lowest BCUT2D eigenvalue weighted by atomic mass is 10.1. The highest BCUT2D eigenvalue weighted by molar-refractivity contribution is 5.84. The van der Waals surface area contributed by atoms with Crippen LogP contribution in [-0.2, 0) is 14.4 Å². The molecular weight excluding hydrogens is 228 g/mol. The van der Waals surface area contributed by atoms with Crippen LogP contribution in [0.2, 0.25) is 0 Å². The zero-order valence-corrected chi connectivity index (χ0v) is 10.8. The Morgan fingerprint density at radius 2 is 1.82 bits per heavy atom.